The lowest BCUT2D eigenvalue weighted by Gasteiger charge is -2.23. The number of pyridine rings is 1. The van der Waals surface area contributed by atoms with Gasteiger partial charge in [0.25, 0.3) is 0 Å². The molecule has 0 aliphatic carbocycles. The molecule has 2 aromatic heterocycles. The van der Waals surface area contributed by atoms with E-state index >= 15 is 0 Å². The summed E-state index contributed by atoms with van der Waals surface area (Å²) in [6, 6.07) is 6.80. The highest BCUT2D eigenvalue weighted by Crippen LogP contribution is 2.10. The summed E-state index contributed by atoms with van der Waals surface area (Å²) in [4.78, 5) is 6.72. The van der Waals surface area contributed by atoms with E-state index in [4.69, 9.17) is 0 Å². The van der Waals surface area contributed by atoms with Crippen molar-refractivity contribution < 1.29 is 0 Å². The van der Waals surface area contributed by atoms with Crippen LogP contribution in [-0.2, 0) is 6.54 Å². The van der Waals surface area contributed by atoms with Crippen molar-refractivity contribution in [1.29, 1.82) is 0 Å². The number of rotatable bonds is 6. The fourth-order valence-electron chi connectivity index (χ4n) is 2.46. The van der Waals surface area contributed by atoms with Gasteiger partial charge in [-0.15, -0.1) is 0 Å². The lowest BCUT2D eigenvalue weighted by atomic mass is 10.2. The van der Waals surface area contributed by atoms with Crippen molar-refractivity contribution in [3.8, 4) is 0 Å². The van der Waals surface area contributed by atoms with E-state index in [0.717, 1.165) is 25.2 Å². The monoisotopic (exact) mass is 260 g/mol. The molecule has 0 saturated heterocycles. The molecule has 0 aliphatic rings. The topological polar surface area (TPSA) is 32.6 Å². The number of hydrogen-bond acceptors (Lipinski definition) is 3. The van der Waals surface area contributed by atoms with Crippen LogP contribution in [0.3, 0.4) is 0 Å². The van der Waals surface area contributed by atoms with Crippen LogP contribution in [0.5, 0.6) is 0 Å². The fourth-order valence-corrected chi connectivity index (χ4v) is 2.46. The summed E-state index contributed by atoms with van der Waals surface area (Å²) in [6.45, 7) is 6.20. The van der Waals surface area contributed by atoms with Crippen LogP contribution in [0.25, 0.3) is 5.65 Å². The van der Waals surface area contributed by atoms with E-state index in [-0.39, 0.29) is 0 Å². The van der Waals surface area contributed by atoms with Crippen molar-refractivity contribution >= 4 is 5.65 Å². The summed E-state index contributed by atoms with van der Waals surface area (Å²) in [5, 5.41) is 3.54. The molecular formula is C15H24N4. The first kappa shape index (κ1) is 14.0. The smallest absolute Gasteiger partial charge is 0.137 e. The molecule has 2 aromatic rings. The van der Waals surface area contributed by atoms with E-state index in [1.54, 1.807) is 0 Å². The number of aromatic nitrogens is 2. The van der Waals surface area contributed by atoms with E-state index in [9.17, 15) is 0 Å². The summed E-state index contributed by atoms with van der Waals surface area (Å²) in [5.74, 6) is 0. The van der Waals surface area contributed by atoms with E-state index in [2.05, 4.69) is 53.6 Å². The van der Waals surface area contributed by atoms with Gasteiger partial charge in [0.1, 0.15) is 5.65 Å². The summed E-state index contributed by atoms with van der Waals surface area (Å²) in [6.07, 6.45) is 3.12. The van der Waals surface area contributed by atoms with Gasteiger partial charge in [0, 0.05) is 24.8 Å². The quantitative estimate of drug-likeness (QED) is 0.863. The molecule has 0 aliphatic heterocycles. The molecular weight excluding hydrogens is 236 g/mol. The van der Waals surface area contributed by atoms with Crippen molar-refractivity contribution in [2.75, 3.05) is 20.6 Å². The zero-order chi connectivity index (χ0) is 13.8. The van der Waals surface area contributed by atoms with E-state index in [1.807, 2.05) is 18.3 Å². The van der Waals surface area contributed by atoms with Crippen molar-refractivity contribution in [1.82, 2.24) is 19.6 Å². The zero-order valence-electron chi connectivity index (χ0n) is 12.3. The number of aryl methyl sites for hydroxylation is 1. The summed E-state index contributed by atoms with van der Waals surface area (Å²) >= 11 is 0. The molecule has 0 aromatic carbocycles. The predicted octanol–water partition coefficient (Wildman–Crippen LogP) is 2.07. The average molecular weight is 260 g/mol. The second-order valence-corrected chi connectivity index (χ2v) is 5.27. The van der Waals surface area contributed by atoms with Gasteiger partial charge in [-0.25, -0.2) is 4.98 Å². The van der Waals surface area contributed by atoms with E-state index in [1.165, 1.54) is 11.4 Å². The molecule has 0 radical (unpaired) electrons. The molecule has 0 spiro atoms. The SMILES string of the molecule is CCC(CNCc1cnc2cccc(C)n12)N(C)C. The lowest BCUT2D eigenvalue weighted by molar-refractivity contribution is 0.275. The third kappa shape index (κ3) is 3.14. The molecule has 0 fully saturated rings. The number of nitrogens with one attached hydrogen (secondary N) is 1. The van der Waals surface area contributed by atoms with E-state index in [0.29, 0.717) is 6.04 Å². The van der Waals surface area contributed by atoms with Gasteiger partial charge in [-0.2, -0.15) is 0 Å². The highest BCUT2D eigenvalue weighted by Gasteiger charge is 2.09. The Morgan fingerprint density at radius 3 is 2.84 bits per heavy atom. The Morgan fingerprint density at radius 1 is 1.37 bits per heavy atom. The Hall–Kier alpha value is -1.39. The zero-order valence-corrected chi connectivity index (χ0v) is 12.3. The molecule has 19 heavy (non-hydrogen) atoms. The summed E-state index contributed by atoms with van der Waals surface area (Å²) in [5.41, 5.74) is 3.48. The minimum Gasteiger partial charge on any atom is -0.310 e. The Bertz CT molecular complexity index is 530. The van der Waals surface area contributed by atoms with Gasteiger partial charge >= 0.3 is 0 Å². The van der Waals surface area contributed by atoms with Gasteiger partial charge in [-0.05, 0) is 39.6 Å². The first-order valence-corrected chi connectivity index (χ1v) is 6.92. The van der Waals surface area contributed by atoms with Gasteiger partial charge in [-0.3, -0.25) is 0 Å². The molecule has 0 amide bonds. The lowest BCUT2D eigenvalue weighted by Crippen LogP contribution is -2.37. The first-order valence-electron chi connectivity index (χ1n) is 6.92. The highest BCUT2D eigenvalue weighted by molar-refractivity contribution is 5.42. The Morgan fingerprint density at radius 2 is 2.16 bits per heavy atom. The molecule has 4 heteroatoms. The molecule has 0 saturated carbocycles. The van der Waals surface area contributed by atoms with Crippen LogP contribution in [0.15, 0.2) is 24.4 Å². The molecule has 2 rings (SSSR count). The second-order valence-electron chi connectivity index (χ2n) is 5.27. The van der Waals surface area contributed by atoms with Gasteiger partial charge in [0.15, 0.2) is 0 Å². The normalized spacial score (nSPS) is 13.3. The standard InChI is InChI=1S/C15H24N4/c1-5-13(18(3)4)9-16-10-14-11-17-15-8-6-7-12(2)19(14)15/h6-8,11,13,16H,5,9-10H2,1-4H3. The number of imidazole rings is 1. The van der Waals surface area contributed by atoms with Crippen LogP contribution < -0.4 is 5.32 Å². The molecule has 1 N–H and O–H groups in total. The van der Waals surface area contributed by atoms with Crippen molar-refractivity contribution in [2.45, 2.75) is 32.9 Å². The Kier molecular flexibility index (Phi) is 4.56. The minimum atomic E-state index is 0.584. The number of nitrogens with zero attached hydrogens (tertiary/aromatic N) is 3. The number of hydrogen-bond donors (Lipinski definition) is 1. The summed E-state index contributed by atoms with van der Waals surface area (Å²) < 4.78 is 2.21. The molecule has 2 heterocycles. The van der Waals surface area contributed by atoms with Crippen LogP contribution in [0.1, 0.15) is 24.7 Å². The molecule has 104 valence electrons. The van der Waals surface area contributed by atoms with Crippen molar-refractivity contribution in [2.24, 2.45) is 0 Å². The Labute approximate surface area is 115 Å². The van der Waals surface area contributed by atoms with Crippen LogP contribution in [0, 0.1) is 6.92 Å². The Balaban J connectivity index is 2.02. The summed E-state index contributed by atoms with van der Waals surface area (Å²) in [7, 11) is 4.27. The van der Waals surface area contributed by atoms with Crippen molar-refractivity contribution in [3.63, 3.8) is 0 Å². The predicted molar refractivity (Wildman–Crippen MR) is 79.4 cm³/mol. The third-order valence-electron chi connectivity index (χ3n) is 3.69. The van der Waals surface area contributed by atoms with Gasteiger partial charge in [-0.1, -0.05) is 13.0 Å². The maximum atomic E-state index is 4.45. The minimum absolute atomic E-state index is 0.584. The largest absolute Gasteiger partial charge is 0.310 e. The van der Waals surface area contributed by atoms with Gasteiger partial charge < -0.3 is 14.6 Å². The second kappa shape index (κ2) is 6.17. The number of fused-ring (bicyclic) bond motifs is 1. The van der Waals surface area contributed by atoms with Crippen LogP contribution >= 0.6 is 0 Å². The van der Waals surface area contributed by atoms with Crippen LogP contribution in [0.4, 0.5) is 0 Å². The van der Waals surface area contributed by atoms with E-state index < -0.39 is 0 Å². The maximum absolute atomic E-state index is 4.45. The molecule has 1 atom stereocenters. The van der Waals surface area contributed by atoms with Crippen LogP contribution in [-0.4, -0.2) is 41.0 Å². The fraction of sp³-hybridized carbons (Fsp3) is 0.533. The molecule has 0 bridgehead atoms. The van der Waals surface area contributed by atoms with Crippen LogP contribution in [0.2, 0.25) is 0 Å². The number of likely N-dealkylation sites (N-methyl/N-ethyl adjacent to an activating group) is 1. The molecule has 4 nitrogen and oxygen atoms in total. The first-order chi connectivity index (χ1) is 9.13. The van der Waals surface area contributed by atoms with Crippen molar-refractivity contribution in [3.05, 3.63) is 35.8 Å². The maximum Gasteiger partial charge on any atom is 0.137 e. The van der Waals surface area contributed by atoms with Gasteiger partial charge in [0.2, 0.25) is 0 Å². The highest BCUT2D eigenvalue weighted by atomic mass is 15.1. The third-order valence-corrected chi connectivity index (χ3v) is 3.69. The van der Waals surface area contributed by atoms with Gasteiger partial charge in [0.05, 0.1) is 11.9 Å². The average Bonchev–Trinajstić information content (AvgIpc) is 2.79. The molecule has 1 unspecified atom stereocenters.